The van der Waals surface area contributed by atoms with Gasteiger partial charge in [0.2, 0.25) is 5.78 Å². The van der Waals surface area contributed by atoms with Gasteiger partial charge in [0.05, 0.1) is 4.88 Å². The molecule has 2 aliphatic carbocycles. The van der Waals surface area contributed by atoms with Crippen molar-refractivity contribution in [2.24, 2.45) is 11.0 Å². The Balaban J connectivity index is 1.42. The van der Waals surface area contributed by atoms with Crippen molar-refractivity contribution in [2.45, 2.75) is 32.6 Å². The van der Waals surface area contributed by atoms with Crippen LogP contribution in [0.3, 0.4) is 0 Å². The third kappa shape index (κ3) is 2.69. The molecule has 0 saturated carbocycles. The van der Waals surface area contributed by atoms with Crippen molar-refractivity contribution in [3.05, 3.63) is 68.9 Å². The summed E-state index contributed by atoms with van der Waals surface area (Å²) in [6.45, 7) is 2.23. The second kappa shape index (κ2) is 6.67. The fourth-order valence-corrected chi connectivity index (χ4v) is 5.41. The molecule has 3 aromatic rings. The Morgan fingerprint density at radius 1 is 1.21 bits per heavy atom. The van der Waals surface area contributed by atoms with E-state index in [1.54, 1.807) is 11.3 Å². The molecule has 5 heteroatoms. The zero-order chi connectivity index (χ0) is 19.3. The standard InChI is InChI=1S/C23H20N2O2S/c1-2-13-9-10-18-15(11-13)12-19(28-18)23(27)25-24-21-16-7-3-5-14-6-4-8-17(20(14)16)22(21)26/h3-8,12-13H,2,9-11H2,1H3,(H,25,27)/b24-21+/t13-/m0/s1. The summed E-state index contributed by atoms with van der Waals surface area (Å²) in [5.41, 5.74) is 5.67. The molecule has 1 heterocycles. The van der Waals surface area contributed by atoms with E-state index >= 15 is 0 Å². The Labute approximate surface area is 167 Å². The molecule has 0 radical (unpaired) electrons. The van der Waals surface area contributed by atoms with Crippen LogP contribution in [0.15, 0.2) is 47.6 Å². The SMILES string of the molecule is CC[C@H]1CCc2sc(C(=O)N/N=C3/C(=O)c4cccc5cccc3c45)cc2C1. The van der Waals surface area contributed by atoms with Gasteiger partial charge < -0.3 is 0 Å². The Kier molecular flexibility index (Phi) is 4.13. The fourth-order valence-electron chi connectivity index (χ4n) is 4.31. The van der Waals surface area contributed by atoms with Crippen LogP contribution in [0.5, 0.6) is 0 Å². The van der Waals surface area contributed by atoms with Crippen LogP contribution in [0.25, 0.3) is 10.8 Å². The average Bonchev–Trinajstić information content (AvgIpc) is 3.27. The topological polar surface area (TPSA) is 58.5 Å². The van der Waals surface area contributed by atoms with Crippen LogP contribution < -0.4 is 5.43 Å². The summed E-state index contributed by atoms with van der Waals surface area (Å²) in [6.07, 6.45) is 4.48. The summed E-state index contributed by atoms with van der Waals surface area (Å²) in [6, 6.07) is 13.5. The highest BCUT2D eigenvalue weighted by molar-refractivity contribution is 7.14. The number of nitrogens with one attached hydrogen (secondary N) is 1. The molecule has 4 nitrogen and oxygen atoms in total. The Morgan fingerprint density at radius 3 is 2.79 bits per heavy atom. The zero-order valence-corrected chi connectivity index (χ0v) is 16.4. The summed E-state index contributed by atoms with van der Waals surface area (Å²) in [4.78, 5) is 27.4. The van der Waals surface area contributed by atoms with Gasteiger partial charge in [-0.2, -0.15) is 5.10 Å². The minimum atomic E-state index is -0.240. The number of fused-ring (bicyclic) bond motifs is 1. The largest absolute Gasteiger partial charge is 0.287 e. The summed E-state index contributed by atoms with van der Waals surface area (Å²) in [7, 11) is 0. The lowest BCUT2D eigenvalue weighted by molar-refractivity contribution is 0.0959. The average molecular weight is 388 g/mol. The molecule has 0 spiro atoms. The third-order valence-corrected chi connectivity index (χ3v) is 7.11. The lowest BCUT2D eigenvalue weighted by atomic mass is 9.87. The van der Waals surface area contributed by atoms with Gasteiger partial charge in [-0.25, -0.2) is 5.43 Å². The molecule has 2 aromatic carbocycles. The normalized spacial score (nSPS) is 19.2. The number of aryl methyl sites for hydroxylation is 1. The van der Waals surface area contributed by atoms with E-state index in [2.05, 4.69) is 17.5 Å². The van der Waals surface area contributed by atoms with E-state index in [-0.39, 0.29) is 11.7 Å². The van der Waals surface area contributed by atoms with Gasteiger partial charge in [-0.1, -0.05) is 49.7 Å². The van der Waals surface area contributed by atoms with Gasteiger partial charge in [-0.3, -0.25) is 9.59 Å². The number of ketones is 1. The van der Waals surface area contributed by atoms with Crippen LogP contribution in [0, 0.1) is 5.92 Å². The first kappa shape index (κ1) is 17.3. The zero-order valence-electron chi connectivity index (χ0n) is 15.6. The number of hydrazone groups is 1. The van der Waals surface area contributed by atoms with Gasteiger partial charge in [0.1, 0.15) is 5.71 Å². The lowest BCUT2D eigenvalue weighted by Crippen LogP contribution is -2.21. The van der Waals surface area contributed by atoms with Crippen molar-refractivity contribution in [3.8, 4) is 0 Å². The Bertz CT molecular complexity index is 1150. The van der Waals surface area contributed by atoms with Crippen molar-refractivity contribution in [1.29, 1.82) is 0 Å². The minimum Gasteiger partial charge on any atom is -0.287 e. The predicted molar refractivity (Wildman–Crippen MR) is 112 cm³/mol. The molecular formula is C23H20N2O2S. The Hall–Kier alpha value is -2.79. The number of hydrogen-bond donors (Lipinski definition) is 1. The maximum absolute atomic E-state index is 12.8. The van der Waals surface area contributed by atoms with Crippen LogP contribution in [0.2, 0.25) is 0 Å². The number of carbonyl (C=O) groups is 2. The number of hydrogen-bond acceptors (Lipinski definition) is 4. The number of rotatable bonds is 3. The van der Waals surface area contributed by atoms with Crippen molar-refractivity contribution in [3.63, 3.8) is 0 Å². The molecule has 1 atom stereocenters. The highest BCUT2D eigenvalue weighted by Gasteiger charge is 2.29. The van der Waals surface area contributed by atoms with Gasteiger partial charge in [0.15, 0.2) is 0 Å². The summed E-state index contributed by atoms with van der Waals surface area (Å²) >= 11 is 1.55. The summed E-state index contributed by atoms with van der Waals surface area (Å²) in [5.74, 6) is 0.340. The van der Waals surface area contributed by atoms with E-state index in [0.29, 0.717) is 22.1 Å². The number of benzene rings is 2. The number of thiophene rings is 1. The van der Waals surface area contributed by atoms with Gasteiger partial charge in [0, 0.05) is 21.4 Å². The molecule has 28 heavy (non-hydrogen) atoms. The molecule has 1 aromatic heterocycles. The van der Waals surface area contributed by atoms with Crippen LogP contribution in [-0.2, 0) is 12.8 Å². The maximum Gasteiger partial charge on any atom is 0.281 e. The number of nitrogens with zero attached hydrogens (tertiary/aromatic N) is 1. The maximum atomic E-state index is 12.8. The molecule has 5 rings (SSSR count). The third-order valence-electron chi connectivity index (χ3n) is 5.87. The molecule has 2 aliphatic rings. The molecule has 0 bridgehead atoms. The van der Waals surface area contributed by atoms with E-state index in [1.807, 2.05) is 42.5 Å². The molecule has 140 valence electrons. The van der Waals surface area contributed by atoms with Crippen LogP contribution in [0.1, 0.15) is 55.8 Å². The number of Topliss-reactive ketones (excluding diaryl/α,β-unsaturated/α-hetero) is 1. The second-order valence-electron chi connectivity index (χ2n) is 7.52. The molecule has 0 saturated heterocycles. The Morgan fingerprint density at radius 2 is 2.00 bits per heavy atom. The predicted octanol–water partition coefficient (Wildman–Crippen LogP) is 4.75. The van der Waals surface area contributed by atoms with E-state index in [0.717, 1.165) is 29.2 Å². The van der Waals surface area contributed by atoms with Gasteiger partial charge >= 0.3 is 0 Å². The molecule has 0 aliphatic heterocycles. The highest BCUT2D eigenvalue weighted by Crippen LogP contribution is 2.34. The first-order valence-corrected chi connectivity index (χ1v) is 10.5. The van der Waals surface area contributed by atoms with E-state index < -0.39 is 0 Å². The van der Waals surface area contributed by atoms with Crippen molar-refractivity contribution in [2.75, 3.05) is 0 Å². The highest BCUT2D eigenvalue weighted by atomic mass is 32.1. The van der Waals surface area contributed by atoms with Crippen LogP contribution >= 0.6 is 11.3 Å². The fraction of sp³-hybridized carbons (Fsp3) is 0.261. The van der Waals surface area contributed by atoms with Crippen molar-refractivity contribution < 1.29 is 9.59 Å². The smallest absolute Gasteiger partial charge is 0.281 e. The molecule has 0 unspecified atom stereocenters. The van der Waals surface area contributed by atoms with Crippen molar-refractivity contribution in [1.82, 2.24) is 5.43 Å². The van der Waals surface area contributed by atoms with Gasteiger partial charge in [-0.05, 0) is 42.2 Å². The van der Waals surface area contributed by atoms with Gasteiger partial charge in [-0.15, -0.1) is 11.3 Å². The van der Waals surface area contributed by atoms with E-state index in [9.17, 15) is 9.59 Å². The molecule has 1 N–H and O–H groups in total. The van der Waals surface area contributed by atoms with Crippen molar-refractivity contribution >= 4 is 39.5 Å². The summed E-state index contributed by atoms with van der Waals surface area (Å²) in [5, 5.41) is 6.16. The van der Waals surface area contributed by atoms with E-state index in [1.165, 1.54) is 23.3 Å². The summed E-state index contributed by atoms with van der Waals surface area (Å²) < 4.78 is 0. The lowest BCUT2D eigenvalue weighted by Gasteiger charge is -2.19. The van der Waals surface area contributed by atoms with E-state index in [4.69, 9.17) is 0 Å². The number of carbonyl (C=O) groups excluding carboxylic acids is 2. The molecule has 0 fully saturated rings. The number of amides is 1. The minimum absolute atomic E-state index is 0.136. The van der Waals surface area contributed by atoms with Crippen LogP contribution in [0.4, 0.5) is 0 Å². The van der Waals surface area contributed by atoms with Crippen LogP contribution in [-0.4, -0.2) is 17.4 Å². The molecular weight excluding hydrogens is 368 g/mol. The van der Waals surface area contributed by atoms with Gasteiger partial charge in [0.25, 0.3) is 5.91 Å². The second-order valence-corrected chi connectivity index (χ2v) is 8.65. The first-order chi connectivity index (χ1) is 13.7. The molecule has 1 amide bonds. The monoisotopic (exact) mass is 388 g/mol. The quantitative estimate of drug-likeness (QED) is 0.659. The first-order valence-electron chi connectivity index (χ1n) is 9.72.